The highest BCUT2D eigenvalue weighted by atomic mass is 32.2. The Bertz CT molecular complexity index is 1110. The van der Waals surface area contributed by atoms with E-state index in [0.717, 1.165) is 11.9 Å². The second-order valence-corrected chi connectivity index (χ2v) is 7.56. The number of thioether (sulfide) groups is 1. The van der Waals surface area contributed by atoms with Crippen LogP contribution < -0.4 is 10.9 Å². The first-order chi connectivity index (χ1) is 13.6. The van der Waals surface area contributed by atoms with Gasteiger partial charge in [-0.3, -0.25) is 23.5 Å². The first-order valence-electron chi connectivity index (χ1n) is 9.19. The number of nitrogens with zero attached hydrogens (tertiary/aromatic N) is 5. The molecule has 9 nitrogen and oxygen atoms in total. The molecule has 4 rings (SSSR count). The van der Waals surface area contributed by atoms with Crippen LogP contribution in [0.1, 0.15) is 19.8 Å². The van der Waals surface area contributed by atoms with Crippen LogP contribution >= 0.6 is 11.8 Å². The molecule has 0 bridgehead atoms. The lowest BCUT2D eigenvalue weighted by atomic mass is 10.2. The number of fused-ring (bicyclic) bond motifs is 3. The molecule has 0 saturated carbocycles. The maximum absolute atomic E-state index is 12.8. The zero-order valence-electron chi connectivity index (χ0n) is 15.4. The van der Waals surface area contributed by atoms with Crippen molar-refractivity contribution in [3.8, 4) is 0 Å². The third-order valence-corrected chi connectivity index (χ3v) is 5.63. The number of hydrogen-bond donors (Lipinski definition) is 1. The molecular formula is C18H20N6O3S. The van der Waals surface area contributed by atoms with Gasteiger partial charge in [-0.15, -0.1) is 10.2 Å². The van der Waals surface area contributed by atoms with Gasteiger partial charge in [0.15, 0.2) is 5.16 Å². The van der Waals surface area contributed by atoms with Crippen LogP contribution in [-0.2, 0) is 11.3 Å². The minimum Gasteiger partial charge on any atom is -0.329 e. The van der Waals surface area contributed by atoms with Gasteiger partial charge >= 0.3 is 6.03 Å². The van der Waals surface area contributed by atoms with Gasteiger partial charge in [0.2, 0.25) is 11.7 Å². The number of para-hydroxylation sites is 1. The molecule has 1 saturated heterocycles. The van der Waals surface area contributed by atoms with E-state index >= 15 is 0 Å². The van der Waals surface area contributed by atoms with Gasteiger partial charge in [-0.2, -0.15) is 0 Å². The van der Waals surface area contributed by atoms with Crippen molar-refractivity contribution >= 4 is 40.4 Å². The summed E-state index contributed by atoms with van der Waals surface area (Å²) in [5.74, 6) is 0.999. The molecule has 3 amide bonds. The maximum atomic E-state index is 12.8. The molecule has 2 aromatic heterocycles. The van der Waals surface area contributed by atoms with Crippen LogP contribution in [0.2, 0.25) is 0 Å². The lowest BCUT2D eigenvalue weighted by Crippen LogP contribution is -2.32. The fourth-order valence-electron chi connectivity index (χ4n) is 3.32. The zero-order chi connectivity index (χ0) is 19.7. The number of urea groups is 1. The van der Waals surface area contributed by atoms with Crippen LogP contribution in [-0.4, -0.2) is 54.8 Å². The number of imide groups is 1. The molecule has 10 heteroatoms. The van der Waals surface area contributed by atoms with Crippen molar-refractivity contribution in [2.24, 2.45) is 0 Å². The van der Waals surface area contributed by atoms with Gasteiger partial charge in [-0.05, 0) is 25.0 Å². The Morgan fingerprint density at radius 3 is 2.71 bits per heavy atom. The number of carbonyl (C=O) groups excluding carboxylic acids is 2. The fraction of sp³-hybridized carbons (Fsp3) is 0.389. The first kappa shape index (κ1) is 18.5. The smallest absolute Gasteiger partial charge is 0.324 e. The Labute approximate surface area is 164 Å². The van der Waals surface area contributed by atoms with Crippen molar-refractivity contribution in [1.29, 1.82) is 0 Å². The summed E-state index contributed by atoms with van der Waals surface area (Å²) in [7, 11) is 0. The van der Waals surface area contributed by atoms with Crippen LogP contribution in [0.4, 0.5) is 4.79 Å². The molecule has 0 atom stereocenters. The Hall–Kier alpha value is -2.88. The van der Waals surface area contributed by atoms with Gasteiger partial charge in [-0.25, -0.2) is 4.79 Å². The summed E-state index contributed by atoms with van der Waals surface area (Å²) in [6.07, 6.45) is 1.46. The van der Waals surface area contributed by atoms with E-state index in [1.165, 1.54) is 16.7 Å². The maximum Gasteiger partial charge on any atom is 0.324 e. The van der Waals surface area contributed by atoms with Crippen LogP contribution in [0, 0.1) is 0 Å². The number of hydrogen-bond acceptors (Lipinski definition) is 6. The molecule has 1 fully saturated rings. The number of amides is 3. The van der Waals surface area contributed by atoms with Gasteiger partial charge in [0.05, 0.1) is 17.4 Å². The number of rotatable bonds is 7. The van der Waals surface area contributed by atoms with E-state index in [4.69, 9.17) is 0 Å². The van der Waals surface area contributed by atoms with Gasteiger partial charge in [0, 0.05) is 18.8 Å². The number of nitrogens with one attached hydrogen (secondary N) is 1. The fourth-order valence-corrected chi connectivity index (χ4v) is 4.18. The second kappa shape index (κ2) is 7.63. The lowest BCUT2D eigenvalue weighted by Gasteiger charge is -2.12. The van der Waals surface area contributed by atoms with Crippen LogP contribution in [0.25, 0.3) is 16.7 Å². The first-order valence-corrected chi connectivity index (χ1v) is 10.2. The van der Waals surface area contributed by atoms with Crippen molar-refractivity contribution in [3.05, 3.63) is 34.6 Å². The number of benzene rings is 1. The molecule has 3 heterocycles. The largest absolute Gasteiger partial charge is 0.329 e. The Morgan fingerprint density at radius 1 is 1.14 bits per heavy atom. The second-order valence-electron chi connectivity index (χ2n) is 6.50. The normalized spacial score (nSPS) is 14.4. The van der Waals surface area contributed by atoms with E-state index in [1.807, 2.05) is 35.6 Å². The monoisotopic (exact) mass is 400 g/mol. The van der Waals surface area contributed by atoms with E-state index < -0.39 is 0 Å². The van der Waals surface area contributed by atoms with Crippen molar-refractivity contribution in [2.45, 2.75) is 31.5 Å². The highest BCUT2D eigenvalue weighted by molar-refractivity contribution is 7.99. The molecule has 146 valence electrons. The average molecular weight is 400 g/mol. The van der Waals surface area contributed by atoms with Gasteiger partial charge in [0.25, 0.3) is 5.56 Å². The van der Waals surface area contributed by atoms with E-state index in [9.17, 15) is 14.4 Å². The SMILES string of the molecule is CCCn1c(=O)c2ccccc2n2c(SCCCN3C(=O)CNC3=O)nnc12. The molecule has 0 radical (unpaired) electrons. The topological polar surface area (TPSA) is 102 Å². The molecule has 1 N–H and O–H groups in total. The molecule has 0 spiro atoms. The number of carbonyl (C=O) groups is 2. The molecule has 1 aliphatic rings. The molecule has 1 aliphatic heterocycles. The number of aromatic nitrogens is 4. The molecule has 0 unspecified atom stereocenters. The summed E-state index contributed by atoms with van der Waals surface area (Å²) in [5.41, 5.74) is 0.712. The summed E-state index contributed by atoms with van der Waals surface area (Å²) < 4.78 is 3.57. The molecule has 28 heavy (non-hydrogen) atoms. The standard InChI is InChI=1S/C18H20N6O3S/c1-2-8-23-15(26)12-6-3-4-7-13(12)24-16(23)20-21-18(24)28-10-5-9-22-14(25)11-19-17(22)27/h3-4,6-7H,2,5,8-11H2,1H3,(H,19,27). The third kappa shape index (κ3) is 3.13. The van der Waals surface area contributed by atoms with E-state index in [-0.39, 0.29) is 24.0 Å². The molecular weight excluding hydrogens is 380 g/mol. The predicted octanol–water partition coefficient (Wildman–Crippen LogP) is 1.49. The van der Waals surface area contributed by atoms with Crippen LogP contribution in [0.5, 0.6) is 0 Å². The van der Waals surface area contributed by atoms with Gasteiger partial charge in [-0.1, -0.05) is 30.8 Å². The molecule has 3 aromatic rings. The molecule has 0 aliphatic carbocycles. The van der Waals surface area contributed by atoms with Crippen molar-refractivity contribution in [1.82, 2.24) is 29.4 Å². The van der Waals surface area contributed by atoms with Crippen LogP contribution in [0.3, 0.4) is 0 Å². The van der Waals surface area contributed by atoms with Gasteiger partial charge < -0.3 is 5.32 Å². The highest BCUT2D eigenvalue weighted by Crippen LogP contribution is 2.22. The Balaban J connectivity index is 1.60. The lowest BCUT2D eigenvalue weighted by molar-refractivity contribution is -0.124. The zero-order valence-corrected chi connectivity index (χ0v) is 16.2. The van der Waals surface area contributed by atoms with Crippen LogP contribution in [0.15, 0.2) is 34.2 Å². The van der Waals surface area contributed by atoms with E-state index in [2.05, 4.69) is 15.5 Å². The minimum atomic E-state index is -0.336. The summed E-state index contributed by atoms with van der Waals surface area (Å²) in [6.45, 7) is 3.03. The quantitative estimate of drug-likeness (QED) is 0.366. The number of aryl methyl sites for hydroxylation is 1. The minimum absolute atomic E-state index is 0.0625. The predicted molar refractivity (Wildman–Crippen MR) is 105 cm³/mol. The van der Waals surface area contributed by atoms with Crippen molar-refractivity contribution < 1.29 is 9.59 Å². The summed E-state index contributed by atoms with van der Waals surface area (Å²) in [4.78, 5) is 37.3. The van der Waals surface area contributed by atoms with E-state index in [0.29, 0.717) is 41.6 Å². The Morgan fingerprint density at radius 2 is 1.96 bits per heavy atom. The van der Waals surface area contributed by atoms with Crippen molar-refractivity contribution in [2.75, 3.05) is 18.8 Å². The summed E-state index contributed by atoms with van der Waals surface area (Å²) in [6, 6.07) is 7.10. The summed E-state index contributed by atoms with van der Waals surface area (Å²) in [5, 5.41) is 12.4. The average Bonchev–Trinajstić information content (AvgIpc) is 3.26. The Kier molecular flexibility index (Phi) is 5.03. The van der Waals surface area contributed by atoms with E-state index in [1.54, 1.807) is 4.57 Å². The van der Waals surface area contributed by atoms with Crippen molar-refractivity contribution in [3.63, 3.8) is 0 Å². The molecule has 1 aromatic carbocycles. The summed E-state index contributed by atoms with van der Waals surface area (Å²) >= 11 is 1.49. The highest BCUT2D eigenvalue weighted by Gasteiger charge is 2.27. The van der Waals surface area contributed by atoms with Gasteiger partial charge in [0.1, 0.15) is 0 Å². The third-order valence-electron chi connectivity index (χ3n) is 4.62.